The van der Waals surface area contributed by atoms with E-state index in [4.69, 9.17) is 38.4 Å². The van der Waals surface area contributed by atoms with Crippen LogP contribution in [-0.2, 0) is 9.47 Å². The van der Waals surface area contributed by atoms with Gasteiger partial charge in [0.1, 0.15) is 0 Å². The minimum atomic E-state index is -0.233. The summed E-state index contributed by atoms with van der Waals surface area (Å²) in [6, 6.07) is 3.01. The fourth-order valence-corrected chi connectivity index (χ4v) is 2.67. The number of nitrogens with one attached hydrogen (secondary N) is 1. The van der Waals surface area contributed by atoms with Gasteiger partial charge in [0.05, 0.1) is 28.4 Å². The zero-order valence-corrected chi connectivity index (χ0v) is 13.8. The molecule has 0 bridgehead atoms. The number of hydrogen-bond acceptors (Lipinski definition) is 4. The number of hydrogen-bond donors (Lipinski definition) is 2. The van der Waals surface area contributed by atoms with Crippen LogP contribution in [0.5, 0.6) is 0 Å². The molecule has 1 aromatic rings. The Morgan fingerprint density at radius 3 is 2.77 bits per heavy atom. The lowest BCUT2D eigenvalue weighted by molar-refractivity contribution is 0.0166. The van der Waals surface area contributed by atoms with Gasteiger partial charge in [-0.2, -0.15) is 0 Å². The molecule has 2 rings (SSSR count). The second kappa shape index (κ2) is 8.58. The minimum Gasteiger partial charge on any atom is -0.396 e. The third kappa shape index (κ3) is 5.02. The van der Waals surface area contributed by atoms with Crippen molar-refractivity contribution in [1.29, 1.82) is 0 Å². The highest BCUT2D eigenvalue weighted by atomic mass is 35.5. The summed E-state index contributed by atoms with van der Waals surface area (Å²) in [7, 11) is 0. The lowest BCUT2D eigenvalue weighted by atomic mass is 10.2. The molecule has 22 heavy (non-hydrogen) atoms. The largest absolute Gasteiger partial charge is 0.396 e. The van der Waals surface area contributed by atoms with E-state index in [9.17, 15) is 4.79 Å². The number of ether oxygens (including phenoxy) is 2. The van der Waals surface area contributed by atoms with Gasteiger partial charge in [-0.05, 0) is 31.4 Å². The number of halogens is 2. The lowest BCUT2D eigenvalue weighted by Gasteiger charge is -2.10. The SMILES string of the molecule is Nc1c(Cl)cc(C(=O)NCCCOC[C@H]2CCCO2)cc1Cl. The van der Waals surface area contributed by atoms with E-state index in [-0.39, 0.29) is 27.7 Å². The van der Waals surface area contributed by atoms with Crippen LogP contribution in [0.15, 0.2) is 12.1 Å². The molecule has 122 valence electrons. The zero-order chi connectivity index (χ0) is 15.9. The quantitative estimate of drug-likeness (QED) is 0.588. The number of nitrogen functional groups attached to an aromatic ring is 1. The number of rotatable bonds is 7. The third-order valence-electron chi connectivity index (χ3n) is 3.42. The summed E-state index contributed by atoms with van der Waals surface area (Å²) in [5.41, 5.74) is 6.31. The van der Waals surface area contributed by atoms with E-state index < -0.39 is 0 Å². The molecular formula is C15H20Cl2N2O3. The lowest BCUT2D eigenvalue weighted by Crippen LogP contribution is -2.25. The summed E-state index contributed by atoms with van der Waals surface area (Å²) in [5, 5.41) is 3.34. The topological polar surface area (TPSA) is 73.6 Å². The van der Waals surface area contributed by atoms with Crippen molar-refractivity contribution in [2.24, 2.45) is 0 Å². The van der Waals surface area contributed by atoms with Gasteiger partial charge < -0.3 is 20.5 Å². The summed E-state index contributed by atoms with van der Waals surface area (Å²) >= 11 is 11.8. The van der Waals surface area contributed by atoms with Crippen LogP contribution in [0, 0.1) is 0 Å². The van der Waals surface area contributed by atoms with E-state index in [1.807, 2.05) is 0 Å². The fraction of sp³-hybridized carbons (Fsp3) is 0.533. The van der Waals surface area contributed by atoms with E-state index in [2.05, 4.69) is 5.32 Å². The van der Waals surface area contributed by atoms with Crippen molar-refractivity contribution in [3.05, 3.63) is 27.7 Å². The highest BCUT2D eigenvalue weighted by Crippen LogP contribution is 2.28. The number of carbonyl (C=O) groups excluding carboxylic acids is 1. The average Bonchev–Trinajstić information content (AvgIpc) is 3.00. The van der Waals surface area contributed by atoms with Crippen LogP contribution in [0.25, 0.3) is 0 Å². The first-order valence-electron chi connectivity index (χ1n) is 7.30. The van der Waals surface area contributed by atoms with Gasteiger partial charge in [-0.25, -0.2) is 0 Å². The molecule has 0 saturated carbocycles. The minimum absolute atomic E-state index is 0.230. The van der Waals surface area contributed by atoms with Crippen LogP contribution in [0.3, 0.4) is 0 Å². The summed E-state index contributed by atoms with van der Waals surface area (Å²) in [6.45, 7) is 2.56. The molecule has 0 unspecified atom stereocenters. The number of amides is 1. The van der Waals surface area contributed by atoms with Crippen molar-refractivity contribution in [3.8, 4) is 0 Å². The Morgan fingerprint density at radius 1 is 1.41 bits per heavy atom. The van der Waals surface area contributed by atoms with Crippen molar-refractivity contribution in [1.82, 2.24) is 5.32 Å². The molecule has 5 nitrogen and oxygen atoms in total. The number of anilines is 1. The van der Waals surface area contributed by atoms with E-state index in [1.165, 1.54) is 12.1 Å². The van der Waals surface area contributed by atoms with E-state index in [1.54, 1.807) is 0 Å². The van der Waals surface area contributed by atoms with Crippen molar-refractivity contribution in [2.75, 3.05) is 32.1 Å². The van der Waals surface area contributed by atoms with Crippen LogP contribution >= 0.6 is 23.2 Å². The Kier molecular flexibility index (Phi) is 6.76. The van der Waals surface area contributed by atoms with Crippen molar-refractivity contribution >= 4 is 34.8 Å². The van der Waals surface area contributed by atoms with Crippen LogP contribution in [0.1, 0.15) is 29.6 Å². The Morgan fingerprint density at radius 2 is 2.14 bits per heavy atom. The molecule has 0 aliphatic carbocycles. The molecule has 1 fully saturated rings. The van der Waals surface area contributed by atoms with E-state index in [0.29, 0.717) is 25.3 Å². The smallest absolute Gasteiger partial charge is 0.251 e. The maximum absolute atomic E-state index is 12.0. The first kappa shape index (κ1) is 17.3. The number of nitrogens with two attached hydrogens (primary N) is 1. The molecule has 3 N–H and O–H groups in total. The molecule has 1 aromatic carbocycles. The second-order valence-corrected chi connectivity index (χ2v) is 5.99. The van der Waals surface area contributed by atoms with E-state index in [0.717, 1.165) is 25.9 Å². The number of benzene rings is 1. The van der Waals surface area contributed by atoms with Crippen molar-refractivity contribution in [3.63, 3.8) is 0 Å². The van der Waals surface area contributed by atoms with Crippen LogP contribution in [0.2, 0.25) is 10.0 Å². The van der Waals surface area contributed by atoms with Gasteiger partial charge in [-0.15, -0.1) is 0 Å². The van der Waals surface area contributed by atoms with Gasteiger partial charge >= 0.3 is 0 Å². The van der Waals surface area contributed by atoms with Gasteiger partial charge in [-0.3, -0.25) is 4.79 Å². The van der Waals surface area contributed by atoms with Crippen molar-refractivity contribution < 1.29 is 14.3 Å². The molecule has 1 aliphatic rings. The Bertz CT molecular complexity index is 497. The summed E-state index contributed by atoms with van der Waals surface area (Å²) in [6.07, 6.45) is 3.13. The molecule has 1 aliphatic heterocycles. The fourth-order valence-electron chi connectivity index (χ4n) is 2.18. The molecule has 1 atom stereocenters. The summed E-state index contributed by atoms with van der Waals surface area (Å²) < 4.78 is 11.0. The molecule has 1 saturated heterocycles. The predicted molar refractivity (Wildman–Crippen MR) is 87.6 cm³/mol. The summed E-state index contributed by atoms with van der Waals surface area (Å²) in [5.74, 6) is -0.233. The molecule has 7 heteroatoms. The van der Waals surface area contributed by atoms with Crippen molar-refractivity contribution in [2.45, 2.75) is 25.4 Å². The van der Waals surface area contributed by atoms with Crippen LogP contribution in [-0.4, -0.2) is 38.4 Å². The van der Waals surface area contributed by atoms with E-state index >= 15 is 0 Å². The molecule has 1 heterocycles. The highest BCUT2D eigenvalue weighted by Gasteiger charge is 2.15. The Hall–Kier alpha value is -1.01. The first-order chi connectivity index (χ1) is 10.6. The Labute approximate surface area is 140 Å². The second-order valence-electron chi connectivity index (χ2n) is 5.17. The van der Waals surface area contributed by atoms with Crippen LogP contribution < -0.4 is 11.1 Å². The zero-order valence-electron chi connectivity index (χ0n) is 12.2. The monoisotopic (exact) mass is 346 g/mol. The maximum Gasteiger partial charge on any atom is 0.251 e. The first-order valence-corrected chi connectivity index (χ1v) is 8.05. The van der Waals surface area contributed by atoms with Gasteiger partial charge in [0.25, 0.3) is 5.91 Å². The maximum atomic E-state index is 12.0. The standard InChI is InChI=1S/C15H20Cl2N2O3/c16-12-7-10(8-13(17)14(12)18)15(20)19-4-2-5-21-9-11-3-1-6-22-11/h7-8,11H,1-6,9,18H2,(H,19,20)/t11-/m1/s1. The third-order valence-corrected chi connectivity index (χ3v) is 4.05. The predicted octanol–water partition coefficient (Wildman–Crippen LogP) is 2.89. The normalized spacial score (nSPS) is 17.6. The number of carbonyl (C=O) groups is 1. The van der Waals surface area contributed by atoms with Crippen LogP contribution in [0.4, 0.5) is 5.69 Å². The van der Waals surface area contributed by atoms with Gasteiger partial charge in [0.15, 0.2) is 0 Å². The van der Waals surface area contributed by atoms with Gasteiger partial charge in [-0.1, -0.05) is 23.2 Å². The van der Waals surface area contributed by atoms with Gasteiger partial charge in [0.2, 0.25) is 0 Å². The summed E-state index contributed by atoms with van der Waals surface area (Å²) in [4.78, 5) is 12.0. The molecular weight excluding hydrogens is 327 g/mol. The molecule has 0 spiro atoms. The average molecular weight is 347 g/mol. The highest BCUT2D eigenvalue weighted by molar-refractivity contribution is 6.39. The van der Waals surface area contributed by atoms with Gasteiger partial charge in [0, 0.05) is 25.3 Å². The molecule has 1 amide bonds. The molecule has 0 aromatic heterocycles. The Balaban J connectivity index is 1.65. The molecule has 0 radical (unpaired) electrons.